The fraction of sp³-hybridized carbons (Fsp3) is 0.267. The van der Waals surface area contributed by atoms with Gasteiger partial charge in [-0.15, -0.1) is 11.3 Å². The first kappa shape index (κ1) is 17.4. The van der Waals surface area contributed by atoms with E-state index in [0.717, 1.165) is 35.4 Å². The second kappa shape index (κ2) is 6.45. The lowest BCUT2D eigenvalue weighted by molar-refractivity contribution is -0.387. The summed E-state index contributed by atoms with van der Waals surface area (Å²) in [5.41, 5.74) is 0.456. The van der Waals surface area contributed by atoms with E-state index in [9.17, 15) is 23.3 Å². The average Bonchev–Trinajstić information content (AvgIpc) is 3.14. The van der Waals surface area contributed by atoms with Crippen molar-refractivity contribution in [2.24, 2.45) is 0 Å². The number of carbonyl (C=O) groups excluding carboxylic acids is 1. The fourth-order valence-electron chi connectivity index (χ4n) is 2.81. The predicted molar refractivity (Wildman–Crippen MR) is 91.6 cm³/mol. The highest BCUT2D eigenvalue weighted by atomic mass is 32.2. The number of nitrogens with one attached hydrogen (secondary N) is 1. The molecule has 3 rings (SSSR count). The van der Waals surface area contributed by atoms with Crippen molar-refractivity contribution >= 4 is 38.0 Å². The molecule has 1 heterocycles. The number of sulfonamides is 1. The summed E-state index contributed by atoms with van der Waals surface area (Å²) in [7, 11) is -3.01. The third kappa shape index (κ3) is 3.10. The molecule has 0 amide bonds. The lowest BCUT2D eigenvalue weighted by Gasteiger charge is -2.09. The Morgan fingerprint density at radius 1 is 1.32 bits per heavy atom. The zero-order chi connectivity index (χ0) is 18.2. The summed E-state index contributed by atoms with van der Waals surface area (Å²) < 4.78 is 32.4. The van der Waals surface area contributed by atoms with Gasteiger partial charge in [-0.1, -0.05) is 12.1 Å². The fourth-order valence-corrected chi connectivity index (χ4v) is 5.56. The van der Waals surface area contributed by atoms with Crippen LogP contribution in [0.3, 0.4) is 0 Å². The summed E-state index contributed by atoms with van der Waals surface area (Å²) in [4.78, 5) is 22.9. The standard InChI is InChI=1S/C15H14N2O6S2/c1-23-15(18)13-9-5-4-7-11(9)24-14(13)16-25(21,22)12-8-3-2-6-10(12)17(19)20/h2-3,6,8,16H,4-5,7H2,1H3. The molecule has 10 heteroatoms. The molecule has 0 fully saturated rings. The van der Waals surface area contributed by atoms with E-state index in [0.29, 0.717) is 6.42 Å². The minimum Gasteiger partial charge on any atom is -0.465 e. The molecule has 0 atom stereocenters. The van der Waals surface area contributed by atoms with E-state index >= 15 is 0 Å². The normalized spacial score (nSPS) is 13.3. The van der Waals surface area contributed by atoms with E-state index < -0.39 is 31.5 Å². The van der Waals surface area contributed by atoms with Crippen molar-refractivity contribution < 1.29 is 22.9 Å². The monoisotopic (exact) mass is 382 g/mol. The second-order valence-electron chi connectivity index (χ2n) is 5.38. The number of para-hydroxylation sites is 1. The number of methoxy groups -OCH3 is 1. The van der Waals surface area contributed by atoms with Crippen LogP contribution >= 0.6 is 11.3 Å². The molecule has 132 valence electrons. The number of aryl methyl sites for hydroxylation is 1. The van der Waals surface area contributed by atoms with Crippen LogP contribution in [0.15, 0.2) is 29.2 Å². The Morgan fingerprint density at radius 2 is 2.04 bits per heavy atom. The van der Waals surface area contributed by atoms with Crippen LogP contribution in [0.4, 0.5) is 10.7 Å². The first-order valence-corrected chi connectivity index (χ1v) is 9.64. The number of hydrogen-bond acceptors (Lipinski definition) is 7. The van der Waals surface area contributed by atoms with Gasteiger partial charge in [-0.3, -0.25) is 14.8 Å². The summed E-state index contributed by atoms with van der Waals surface area (Å²) in [6, 6.07) is 5.05. The molecule has 8 nitrogen and oxygen atoms in total. The van der Waals surface area contributed by atoms with Gasteiger partial charge in [0.1, 0.15) is 5.00 Å². The Labute approximate surface area is 147 Å². The highest BCUT2D eigenvalue weighted by Crippen LogP contribution is 2.40. The molecule has 0 saturated carbocycles. The number of fused-ring (bicyclic) bond motifs is 1. The van der Waals surface area contributed by atoms with Crippen molar-refractivity contribution in [2.45, 2.75) is 24.2 Å². The van der Waals surface area contributed by atoms with Crippen molar-refractivity contribution in [2.75, 3.05) is 11.8 Å². The molecule has 0 unspecified atom stereocenters. The number of nitrogens with zero attached hydrogens (tertiary/aromatic N) is 1. The molecule has 0 spiro atoms. The molecule has 1 aliphatic carbocycles. The lowest BCUT2D eigenvalue weighted by Crippen LogP contribution is -2.16. The van der Waals surface area contributed by atoms with Crippen LogP contribution in [0.1, 0.15) is 27.2 Å². The van der Waals surface area contributed by atoms with Gasteiger partial charge in [-0.05, 0) is 30.9 Å². The molecule has 1 N–H and O–H groups in total. The van der Waals surface area contributed by atoms with Crippen LogP contribution in [0, 0.1) is 10.1 Å². The van der Waals surface area contributed by atoms with Gasteiger partial charge in [0.15, 0.2) is 4.90 Å². The summed E-state index contributed by atoms with van der Waals surface area (Å²) in [6.07, 6.45) is 2.32. The van der Waals surface area contributed by atoms with Crippen LogP contribution in [0.5, 0.6) is 0 Å². The molecular formula is C15H14N2O6S2. The van der Waals surface area contributed by atoms with E-state index in [1.807, 2.05) is 0 Å². The summed E-state index contributed by atoms with van der Waals surface area (Å²) >= 11 is 1.17. The van der Waals surface area contributed by atoms with E-state index in [-0.39, 0.29) is 10.6 Å². The van der Waals surface area contributed by atoms with Gasteiger partial charge in [0, 0.05) is 10.9 Å². The van der Waals surface area contributed by atoms with Gasteiger partial charge >= 0.3 is 5.97 Å². The summed E-state index contributed by atoms with van der Waals surface area (Å²) in [6.45, 7) is 0. The zero-order valence-corrected chi connectivity index (χ0v) is 14.8. The van der Waals surface area contributed by atoms with Crippen molar-refractivity contribution in [3.05, 3.63) is 50.4 Å². The number of ether oxygens (including phenoxy) is 1. The Kier molecular flexibility index (Phi) is 4.48. The Bertz CT molecular complexity index is 964. The van der Waals surface area contributed by atoms with E-state index in [2.05, 4.69) is 4.72 Å². The Morgan fingerprint density at radius 3 is 2.72 bits per heavy atom. The number of carbonyl (C=O) groups is 1. The van der Waals surface area contributed by atoms with Gasteiger partial charge < -0.3 is 4.74 Å². The minimum atomic E-state index is -4.23. The van der Waals surface area contributed by atoms with Crippen LogP contribution in [-0.2, 0) is 27.6 Å². The molecular weight excluding hydrogens is 368 g/mol. The number of thiophene rings is 1. The molecule has 0 saturated heterocycles. The van der Waals surface area contributed by atoms with Crippen LogP contribution in [-0.4, -0.2) is 26.4 Å². The van der Waals surface area contributed by atoms with E-state index in [4.69, 9.17) is 4.74 Å². The number of benzene rings is 1. The number of nitro groups is 1. The molecule has 0 bridgehead atoms. The van der Waals surface area contributed by atoms with Crippen molar-refractivity contribution in [1.29, 1.82) is 0 Å². The Balaban J connectivity index is 2.06. The molecule has 0 radical (unpaired) electrons. The quantitative estimate of drug-likeness (QED) is 0.483. The maximum Gasteiger partial charge on any atom is 0.341 e. The zero-order valence-electron chi connectivity index (χ0n) is 13.1. The minimum absolute atomic E-state index is 0.134. The molecule has 2 aromatic rings. The number of nitro benzene ring substituents is 1. The van der Waals surface area contributed by atoms with Gasteiger partial charge in [-0.2, -0.15) is 0 Å². The van der Waals surface area contributed by atoms with Gasteiger partial charge in [0.05, 0.1) is 17.6 Å². The van der Waals surface area contributed by atoms with Crippen molar-refractivity contribution in [1.82, 2.24) is 0 Å². The molecule has 1 aromatic heterocycles. The van der Waals surface area contributed by atoms with E-state index in [1.165, 1.54) is 30.6 Å². The van der Waals surface area contributed by atoms with Gasteiger partial charge in [0.2, 0.25) is 0 Å². The number of anilines is 1. The highest BCUT2D eigenvalue weighted by Gasteiger charge is 2.31. The number of rotatable bonds is 5. The highest BCUT2D eigenvalue weighted by molar-refractivity contribution is 7.93. The van der Waals surface area contributed by atoms with Crippen LogP contribution in [0.2, 0.25) is 0 Å². The van der Waals surface area contributed by atoms with Crippen molar-refractivity contribution in [3.63, 3.8) is 0 Å². The van der Waals surface area contributed by atoms with E-state index in [1.54, 1.807) is 0 Å². The first-order valence-electron chi connectivity index (χ1n) is 7.34. The Hall–Kier alpha value is -2.46. The molecule has 1 aliphatic rings. The molecule has 25 heavy (non-hydrogen) atoms. The summed E-state index contributed by atoms with van der Waals surface area (Å²) in [5, 5.41) is 11.2. The second-order valence-corrected chi connectivity index (χ2v) is 8.14. The summed E-state index contributed by atoms with van der Waals surface area (Å²) in [5.74, 6) is -0.625. The topological polar surface area (TPSA) is 116 Å². The smallest absolute Gasteiger partial charge is 0.341 e. The SMILES string of the molecule is COC(=O)c1c(NS(=O)(=O)c2ccccc2[N+](=O)[O-])sc2c1CCC2. The largest absolute Gasteiger partial charge is 0.465 e. The predicted octanol–water partition coefficient (Wildman–Crippen LogP) is 2.73. The van der Waals surface area contributed by atoms with Crippen molar-refractivity contribution in [3.8, 4) is 0 Å². The molecule has 1 aromatic carbocycles. The van der Waals surface area contributed by atoms with Gasteiger partial charge in [-0.25, -0.2) is 13.2 Å². The lowest BCUT2D eigenvalue weighted by atomic mass is 10.1. The number of hydrogen-bond donors (Lipinski definition) is 1. The van der Waals surface area contributed by atoms with Gasteiger partial charge in [0.25, 0.3) is 15.7 Å². The van der Waals surface area contributed by atoms with Crippen LogP contribution in [0.25, 0.3) is 0 Å². The molecule has 0 aliphatic heterocycles. The van der Waals surface area contributed by atoms with Crippen LogP contribution < -0.4 is 4.72 Å². The first-order chi connectivity index (χ1) is 11.8. The third-order valence-corrected chi connectivity index (χ3v) is 6.62. The third-order valence-electron chi connectivity index (χ3n) is 3.89. The maximum absolute atomic E-state index is 12.7. The number of esters is 1. The maximum atomic E-state index is 12.7. The average molecular weight is 382 g/mol.